The molecule has 92 valence electrons. The van der Waals surface area contributed by atoms with Crippen molar-refractivity contribution in [3.8, 4) is 0 Å². The lowest BCUT2D eigenvalue weighted by molar-refractivity contribution is 0.927. The summed E-state index contributed by atoms with van der Waals surface area (Å²) < 4.78 is 1.70. The van der Waals surface area contributed by atoms with Gasteiger partial charge in [-0.3, -0.25) is 9.78 Å². The van der Waals surface area contributed by atoms with Crippen LogP contribution in [0.4, 0.5) is 5.95 Å². The molecular formula is C11H17N5O. The van der Waals surface area contributed by atoms with E-state index in [-0.39, 0.29) is 5.56 Å². The van der Waals surface area contributed by atoms with Crippen LogP contribution in [0.5, 0.6) is 0 Å². The van der Waals surface area contributed by atoms with Gasteiger partial charge in [0.2, 0.25) is 5.95 Å². The van der Waals surface area contributed by atoms with Gasteiger partial charge >= 0.3 is 0 Å². The van der Waals surface area contributed by atoms with Crippen molar-refractivity contribution in [2.45, 2.75) is 13.8 Å². The fraction of sp³-hybridized carbons (Fsp3) is 0.364. The average Bonchev–Trinajstić information content (AvgIpc) is 2.72. The SMILES string of the molecule is C=CCNc1nc2c(ncn2C)c(=O)[nH]1.CC. The summed E-state index contributed by atoms with van der Waals surface area (Å²) in [4.78, 5) is 22.3. The van der Waals surface area contributed by atoms with E-state index in [9.17, 15) is 4.79 Å². The van der Waals surface area contributed by atoms with Crippen molar-refractivity contribution in [1.29, 1.82) is 0 Å². The number of aromatic nitrogens is 4. The molecule has 0 aliphatic rings. The molecule has 0 unspecified atom stereocenters. The molecule has 2 rings (SSSR count). The number of aryl methyl sites for hydroxylation is 1. The molecule has 0 amide bonds. The second kappa shape index (κ2) is 5.83. The molecule has 0 spiro atoms. The number of rotatable bonds is 3. The van der Waals surface area contributed by atoms with Crippen molar-refractivity contribution in [3.05, 3.63) is 29.3 Å². The zero-order valence-corrected chi connectivity index (χ0v) is 10.3. The van der Waals surface area contributed by atoms with Crippen molar-refractivity contribution in [1.82, 2.24) is 19.5 Å². The average molecular weight is 235 g/mol. The lowest BCUT2D eigenvalue weighted by Gasteiger charge is -2.01. The second-order valence-electron chi connectivity index (χ2n) is 3.11. The Balaban J connectivity index is 0.000000686. The molecule has 0 aromatic carbocycles. The van der Waals surface area contributed by atoms with Crippen molar-refractivity contribution in [3.63, 3.8) is 0 Å². The van der Waals surface area contributed by atoms with Gasteiger partial charge in [0.1, 0.15) is 0 Å². The van der Waals surface area contributed by atoms with Crippen LogP contribution in [-0.4, -0.2) is 26.1 Å². The monoisotopic (exact) mass is 235 g/mol. The van der Waals surface area contributed by atoms with Gasteiger partial charge in [-0.25, -0.2) is 4.98 Å². The normalized spacial score (nSPS) is 9.59. The van der Waals surface area contributed by atoms with Crippen LogP contribution in [0.25, 0.3) is 11.2 Å². The maximum atomic E-state index is 11.5. The molecule has 0 atom stereocenters. The van der Waals surface area contributed by atoms with Gasteiger partial charge in [0.05, 0.1) is 6.33 Å². The molecule has 0 aliphatic heterocycles. The van der Waals surface area contributed by atoms with E-state index >= 15 is 0 Å². The van der Waals surface area contributed by atoms with E-state index in [1.807, 2.05) is 13.8 Å². The highest BCUT2D eigenvalue weighted by atomic mass is 16.1. The van der Waals surface area contributed by atoms with Crippen LogP contribution in [0, 0.1) is 0 Å². The lowest BCUT2D eigenvalue weighted by atomic mass is 10.5. The topological polar surface area (TPSA) is 75.6 Å². The number of hydrogen-bond acceptors (Lipinski definition) is 4. The Bertz CT molecular complexity index is 554. The van der Waals surface area contributed by atoms with Gasteiger partial charge in [-0.15, -0.1) is 6.58 Å². The first-order valence-corrected chi connectivity index (χ1v) is 5.48. The molecule has 6 heteroatoms. The van der Waals surface area contributed by atoms with Gasteiger partial charge in [-0.1, -0.05) is 19.9 Å². The zero-order valence-electron chi connectivity index (χ0n) is 10.3. The minimum atomic E-state index is -0.243. The maximum Gasteiger partial charge on any atom is 0.280 e. The van der Waals surface area contributed by atoms with Crippen LogP contribution in [-0.2, 0) is 7.05 Å². The van der Waals surface area contributed by atoms with Crippen LogP contribution in [0.1, 0.15) is 13.8 Å². The predicted molar refractivity (Wildman–Crippen MR) is 69.2 cm³/mol. The number of hydrogen-bond donors (Lipinski definition) is 2. The summed E-state index contributed by atoms with van der Waals surface area (Å²) in [5, 5.41) is 2.92. The van der Waals surface area contributed by atoms with Gasteiger partial charge in [-0.05, 0) is 0 Å². The van der Waals surface area contributed by atoms with Crippen molar-refractivity contribution in [2.24, 2.45) is 7.05 Å². The van der Waals surface area contributed by atoms with E-state index in [0.29, 0.717) is 23.7 Å². The fourth-order valence-corrected chi connectivity index (χ4v) is 1.27. The Labute approximate surface area is 99.4 Å². The van der Waals surface area contributed by atoms with Crippen molar-refractivity contribution >= 4 is 17.1 Å². The number of H-pyrrole nitrogens is 1. The van der Waals surface area contributed by atoms with Crippen LogP contribution >= 0.6 is 0 Å². The Morgan fingerprint density at radius 2 is 2.29 bits per heavy atom. The summed E-state index contributed by atoms with van der Waals surface area (Å²) in [6.07, 6.45) is 3.25. The van der Waals surface area contributed by atoms with E-state index in [1.54, 1.807) is 24.0 Å². The predicted octanol–water partition coefficient (Wildman–Crippen LogP) is 1.28. The first kappa shape index (κ1) is 13.0. The second-order valence-corrected chi connectivity index (χ2v) is 3.11. The molecule has 2 aromatic heterocycles. The molecule has 0 saturated carbocycles. The molecule has 0 aliphatic carbocycles. The van der Waals surface area contributed by atoms with Gasteiger partial charge < -0.3 is 9.88 Å². The standard InChI is InChI=1S/C9H11N5O.C2H6/c1-3-4-10-9-12-7-6(8(15)13-9)11-5-14(7)2;1-2/h3,5H,1,4H2,2H3,(H2,10,12,13,15);1-2H3. The third-order valence-corrected chi connectivity index (χ3v) is 1.98. The lowest BCUT2D eigenvalue weighted by Crippen LogP contribution is -2.13. The first-order valence-electron chi connectivity index (χ1n) is 5.48. The highest BCUT2D eigenvalue weighted by Crippen LogP contribution is 2.05. The molecule has 0 bridgehead atoms. The third-order valence-electron chi connectivity index (χ3n) is 1.98. The van der Waals surface area contributed by atoms with Gasteiger partial charge in [0, 0.05) is 13.6 Å². The van der Waals surface area contributed by atoms with E-state index in [4.69, 9.17) is 0 Å². The minimum absolute atomic E-state index is 0.243. The quantitative estimate of drug-likeness (QED) is 0.786. The number of nitrogens with one attached hydrogen (secondary N) is 2. The first-order chi connectivity index (χ1) is 8.22. The molecule has 2 heterocycles. The van der Waals surface area contributed by atoms with E-state index in [2.05, 4.69) is 26.8 Å². The Kier molecular flexibility index (Phi) is 4.45. The Hall–Kier alpha value is -2.11. The summed E-state index contributed by atoms with van der Waals surface area (Å²) in [7, 11) is 1.79. The number of imidazole rings is 1. The van der Waals surface area contributed by atoms with Gasteiger partial charge in [0.25, 0.3) is 5.56 Å². The number of nitrogens with zero attached hydrogens (tertiary/aromatic N) is 3. The smallest absolute Gasteiger partial charge is 0.280 e. The van der Waals surface area contributed by atoms with Crippen LogP contribution in [0.2, 0.25) is 0 Å². The van der Waals surface area contributed by atoms with Crippen molar-refractivity contribution in [2.75, 3.05) is 11.9 Å². The van der Waals surface area contributed by atoms with Crippen LogP contribution < -0.4 is 10.9 Å². The Morgan fingerprint density at radius 3 is 2.94 bits per heavy atom. The molecule has 0 fully saturated rings. The van der Waals surface area contributed by atoms with Gasteiger partial charge in [-0.2, -0.15) is 4.98 Å². The molecule has 17 heavy (non-hydrogen) atoms. The molecule has 0 saturated heterocycles. The van der Waals surface area contributed by atoms with Crippen LogP contribution in [0.15, 0.2) is 23.8 Å². The maximum absolute atomic E-state index is 11.5. The molecule has 2 aromatic rings. The largest absolute Gasteiger partial charge is 0.352 e. The number of anilines is 1. The van der Waals surface area contributed by atoms with Crippen molar-refractivity contribution < 1.29 is 0 Å². The molecule has 6 nitrogen and oxygen atoms in total. The third kappa shape index (κ3) is 2.72. The minimum Gasteiger partial charge on any atom is -0.352 e. The highest BCUT2D eigenvalue weighted by molar-refractivity contribution is 5.70. The molecular weight excluding hydrogens is 218 g/mol. The Morgan fingerprint density at radius 1 is 1.59 bits per heavy atom. The zero-order chi connectivity index (χ0) is 12.8. The van der Waals surface area contributed by atoms with Gasteiger partial charge in [0.15, 0.2) is 11.2 Å². The summed E-state index contributed by atoms with van der Waals surface area (Å²) in [5.74, 6) is 0.427. The summed E-state index contributed by atoms with van der Waals surface area (Å²) in [5.41, 5.74) is 0.666. The number of fused-ring (bicyclic) bond motifs is 1. The number of aromatic amines is 1. The fourth-order valence-electron chi connectivity index (χ4n) is 1.27. The summed E-state index contributed by atoms with van der Waals surface area (Å²) in [6.45, 7) is 8.12. The highest BCUT2D eigenvalue weighted by Gasteiger charge is 2.07. The van der Waals surface area contributed by atoms with Crippen LogP contribution in [0.3, 0.4) is 0 Å². The van der Waals surface area contributed by atoms with E-state index in [0.717, 1.165) is 0 Å². The summed E-state index contributed by atoms with van der Waals surface area (Å²) >= 11 is 0. The van der Waals surface area contributed by atoms with E-state index < -0.39 is 0 Å². The van der Waals surface area contributed by atoms with E-state index in [1.165, 1.54) is 0 Å². The summed E-state index contributed by atoms with van der Waals surface area (Å²) in [6, 6.07) is 0. The molecule has 0 radical (unpaired) electrons. The molecule has 2 N–H and O–H groups in total.